The van der Waals surface area contributed by atoms with Gasteiger partial charge >= 0.3 is 11.8 Å². The number of anilines is 2. The van der Waals surface area contributed by atoms with Crippen LogP contribution in [0, 0.1) is 13.8 Å². The monoisotopic (exact) mass is 311 g/mol. The van der Waals surface area contributed by atoms with E-state index in [-0.39, 0.29) is 0 Å². The molecule has 0 unspecified atom stereocenters. The van der Waals surface area contributed by atoms with Crippen molar-refractivity contribution in [1.82, 2.24) is 0 Å². The summed E-state index contributed by atoms with van der Waals surface area (Å²) in [7, 11) is 0. The van der Waals surface area contributed by atoms with Gasteiger partial charge in [0.25, 0.3) is 0 Å². The number of primary amides is 1. The maximum absolute atomic E-state index is 11.9. The van der Waals surface area contributed by atoms with Crippen LogP contribution in [-0.2, 0) is 9.59 Å². The van der Waals surface area contributed by atoms with E-state index in [4.69, 9.17) is 5.73 Å². The number of aryl methyl sites for hydroxylation is 2. The molecule has 2 aromatic rings. The van der Waals surface area contributed by atoms with Gasteiger partial charge in [-0.2, -0.15) is 0 Å². The number of rotatable bonds is 3. The molecular formula is C17H17N3O3. The first kappa shape index (κ1) is 16.2. The molecule has 0 radical (unpaired) electrons. The normalized spacial score (nSPS) is 10.0. The van der Waals surface area contributed by atoms with Crippen molar-refractivity contribution in [3.63, 3.8) is 0 Å². The quantitative estimate of drug-likeness (QED) is 0.755. The third-order valence-corrected chi connectivity index (χ3v) is 3.11. The summed E-state index contributed by atoms with van der Waals surface area (Å²) in [5, 5.41) is 5.00. The van der Waals surface area contributed by atoms with E-state index in [1.54, 1.807) is 12.1 Å². The maximum atomic E-state index is 11.9. The fourth-order valence-corrected chi connectivity index (χ4v) is 2.14. The van der Waals surface area contributed by atoms with Gasteiger partial charge in [0.2, 0.25) is 5.91 Å². The molecule has 0 saturated heterocycles. The van der Waals surface area contributed by atoms with Gasteiger partial charge in [0.15, 0.2) is 0 Å². The molecule has 0 atom stereocenters. The Balaban J connectivity index is 2.02. The zero-order chi connectivity index (χ0) is 17.0. The van der Waals surface area contributed by atoms with Gasteiger partial charge < -0.3 is 16.4 Å². The SMILES string of the molecule is Cc1cc(C)cc(NC(=O)C(=O)Nc2ccc(C(N)=O)cc2)c1. The molecule has 2 rings (SSSR count). The minimum atomic E-state index is -0.795. The van der Waals surface area contributed by atoms with Gasteiger partial charge in [0, 0.05) is 16.9 Å². The van der Waals surface area contributed by atoms with Crippen molar-refractivity contribution in [2.24, 2.45) is 5.73 Å². The highest BCUT2D eigenvalue weighted by Gasteiger charge is 2.14. The van der Waals surface area contributed by atoms with Crippen LogP contribution in [0.3, 0.4) is 0 Å². The highest BCUT2D eigenvalue weighted by molar-refractivity contribution is 6.43. The largest absolute Gasteiger partial charge is 0.366 e. The predicted molar refractivity (Wildman–Crippen MR) is 88.1 cm³/mol. The molecule has 0 aromatic heterocycles. The van der Waals surface area contributed by atoms with Crippen molar-refractivity contribution in [2.75, 3.05) is 10.6 Å². The Labute approximate surface area is 133 Å². The molecule has 0 fully saturated rings. The van der Waals surface area contributed by atoms with Crippen LogP contribution in [0.1, 0.15) is 21.5 Å². The van der Waals surface area contributed by atoms with E-state index in [1.165, 1.54) is 24.3 Å². The van der Waals surface area contributed by atoms with Crippen LogP contribution in [0.5, 0.6) is 0 Å². The Kier molecular flexibility index (Phi) is 4.75. The molecule has 0 aliphatic carbocycles. The van der Waals surface area contributed by atoms with Crippen molar-refractivity contribution in [2.45, 2.75) is 13.8 Å². The van der Waals surface area contributed by atoms with Gasteiger partial charge in [-0.25, -0.2) is 0 Å². The average Bonchev–Trinajstić information content (AvgIpc) is 2.46. The predicted octanol–water partition coefficient (Wildman–Crippen LogP) is 1.98. The molecule has 0 bridgehead atoms. The lowest BCUT2D eigenvalue weighted by molar-refractivity contribution is -0.132. The molecule has 0 spiro atoms. The summed E-state index contributed by atoms with van der Waals surface area (Å²) in [5.41, 5.74) is 8.39. The topological polar surface area (TPSA) is 101 Å². The molecule has 3 amide bonds. The van der Waals surface area contributed by atoms with Gasteiger partial charge in [-0.15, -0.1) is 0 Å². The summed E-state index contributed by atoms with van der Waals surface area (Å²) in [6, 6.07) is 11.5. The molecule has 6 heteroatoms. The number of hydrogen-bond donors (Lipinski definition) is 3. The van der Waals surface area contributed by atoms with Crippen LogP contribution in [0.25, 0.3) is 0 Å². The molecule has 0 heterocycles. The van der Waals surface area contributed by atoms with E-state index in [9.17, 15) is 14.4 Å². The third-order valence-electron chi connectivity index (χ3n) is 3.11. The summed E-state index contributed by atoms with van der Waals surface area (Å²) >= 11 is 0. The summed E-state index contributed by atoms with van der Waals surface area (Å²) in [5.74, 6) is -2.12. The molecule has 23 heavy (non-hydrogen) atoms. The van der Waals surface area contributed by atoms with E-state index in [0.29, 0.717) is 16.9 Å². The highest BCUT2D eigenvalue weighted by Crippen LogP contribution is 2.14. The third kappa shape index (κ3) is 4.41. The number of carbonyl (C=O) groups excluding carboxylic acids is 3. The van der Waals surface area contributed by atoms with Crippen LogP contribution in [0.15, 0.2) is 42.5 Å². The van der Waals surface area contributed by atoms with E-state index < -0.39 is 17.7 Å². The molecule has 0 saturated carbocycles. The van der Waals surface area contributed by atoms with Crippen molar-refractivity contribution in [3.8, 4) is 0 Å². The van der Waals surface area contributed by atoms with E-state index >= 15 is 0 Å². The first-order valence-corrected chi connectivity index (χ1v) is 6.95. The first-order chi connectivity index (χ1) is 10.8. The van der Waals surface area contributed by atoms with Crippen molar-refractivity contribution in [1.29, 1.82) is 0 Å². The van der Waals surface area contributed by atoms with E-state index in [1.807, 2.05) is 19.9 Å². The maximum Gasteiger partial charge on any atom is 0.314 e. The zero-order valence-electron chi connectivity index (χ0n) is 12.8. The Bertz CT molecular complexity index is 747. The second kappa shape index (κ2) is 6.74. The highest BCUT2D eigenvalue weighted by atomic mass is 16.2. The van der Waals surface area contributed by atoms with Crippen molar-refractivity contribution < 1.29 is 14.4 Å². The van der Waals surface area contributed by atoms with Crippen LogP contribution in [0.2, 0.25) is 0 Å². The second-order valence-corrected chi connectivity index (χ2v) is 5.23. The summed E-state index contributed by atoms with van der Waals surface area (Å²) in [6.45, 7) is 3.81. The summed E-state index contributed by atoms with van der Waals surface area (Å²) in [6.07, 6.45) is 0. The number of nitrogens with one attached hydrogen (secondary N) is 2. The Morgan fingerprint density at radius 3 is 1.74 bits per heavy atom. The van der Waals surface area contributed by atoms with Gasteiger partial charge in [-0.05, 0) is 61.4 Å². The molecule has 118 valence electrons. The standard InChI is InChI=1S/C17H17N3O3/c1-10-7-11(2)9-14(8-10)20-17(23)16(22)19-13-5-3-12(4-6-13)15(18)21/h3-9H,1-2H3,(H2,18,21)(H,19,22)(H,20,23). The molecular weight excluding hydrogens is 294 g/mol. The number of amides is 3. The Morgan fingerprint density at radius 1 is 0.783 bits per heavy atom. The zero-order valence-corrected chi connectivity index (χ0v) is 12.8. The average molecular weight is 311 g/mol. The smallest absolute Gasteiger partial charge is 0.314 e. The lowest BCUT2D eigenvalue weighted by Crippen LogP contribution is -2.29. The summed E-state index contributed by atoms with van der Waals surface area (Å²) < 4.78 is 0. The van der Waals surface area contributed by atoms with Crippen LogP contribution < -0.4 is 16.4 Å². The molecule has 4 N–H and O–H groups in total. The second-order valence-electron chi connectivity index (χ2n) is 5.23. The van der Waals surface area contributed by atoms with Crippen LogP contribution in [-0.4, -0.2) is 17.7 Å². The van der Waals surface area contributed by atoms with Gasteiger partial charge in [-0.3, -0.25) is 14.4 Å². The number of nitrogens with two attached hydrogens (primary N) is 1. The molecule has 6 nitrogen and oxygen atoms in total. The summed E-state index contributed by atoms with van der Waals surface area (Å²) in [4.78, 5) is 34.8. The number of hydrogen-bond acceptors (Lipinski definition) is 3. The van der Waals surface area contributed by atoms with Gasteiger partial charge in [0.05, 0.1) is 0 Å². The number of carbonyl (C=O) groups is 3. The molecule has 0 aliphatic heterocycles. The van der Waals surface area contributed by atoms with Crippen LogP contribution in [0.4, 0.5) is 11.4 Å². The van der Waals surface area contributed by atoms with Crippen LogP contribution >= 0.6 is 0 Å². The number of benzene rings is 2. The fourth-order valence-electron chi connectivity index (χ4n) is 2.14. The van der Waals surface area contributed by atoms with Gasteiger partial charge in [-0.1, -0.05) is 6.07 Å². The van der Waals surface area contributed by atoms with Crippen molar-refractivity contribution >= 4 is 29.1 Å². The van der Waals surface area contributed by atoms with Gasteiger partial charge in [0.1, 0.15) is 0 Å². The molecule has 2 aromatic carbocycles. The lowest BCUT2D eigenvalue weighted by Gasteiger charge is -2.08. The van der Waals surface area contributed by atoms with E-state index in [2.05, 4.69) is 10.6 Å². The van der Waals surface area contributed by atoms with Crippen molar-refractivity contribution in [3.05, 3.63) is 59.2 Å². The Hall–Kier alpha value is -3.15. The minimum Gasteiger partial charge on any atom is -0.366 e. The Morgan fingerprint density at radius 2 is 1.26 bits per heavy atom. The first-order valence-electron chi connectivity index (χ1n) is 6.95. The lowest BCUT2D eigenvalue weighted by atomic mass is 10.1. The fraction of sp³-hybridized carbons (Fsp3) is 0.118. The molecule has 0 aliphatic rings. The van der Waals surface area contributed by atoms with E-state index in [0.717, 1.165) is 11.1 Å². The minimum absolute atomic E-state index is 0.322.